The third-order valence-electron chi connectivity index (χ3n) is 4.62. The molecule has 0 bridgehead atoms. The van der Waals surface area contributed by atoms with Gasteiger partial charge in [0.2, 0.25) is 5.91 Å². The number of ether oxygens (including phenoxy) is 1. The topological polar surface area (TPSA) is 66.5 Å². The number of carbonyl (C=O) groups excluding carboxylic acids is 1. The molecule has 0 aromatic carbocycles. The number of aromatic nitrogens is 1. The standard InChI is InChI=1S/C16H24N4O2/c1-2-16(6-3-7-18-16)15(21)19-13-4-5-14(17-12-13)20-8-10-22-11-9-20/h4-5,12,18H,2-3,6-11H2,1H3,(H,19,21). The zero-order chi connectivity index (χ0) is 15.4. The molecule has 0 aliphatic carbocycles. The first-order valence-electron chi connectivity index (χ1n) is 8.09. The Bertz CT molecular complexity index is 505. The maximum Gasteiger partial charge on any atom is 0.244 e. The molecule has 2 saturated heterocycles. The third kappa shape index (κ3) is 3.08. The van der Waals surface area contributed by atoms with Crippen LogP contribution in [0.2, 0.25) is 0 Å². The number of rotatable bonds is 4. The molecule has 1 aromatic heterocycles. The van der Waals surface area contributed by atoms with Gasteiger partial charge in [0.25, 0.3) is 0 Å². The van der Waals surface area contributed by atoms with Crippen LogP contribution < -0.4 is 15.5 Å². The lowest BCUT2D eigenvalue weighted by Gasteiger charge is -2.28. The number of amides is 1. The van der Waals surface area contributed by atoms with Crippen LogP contribution in [0, 0.1) is 0 Å². The van der Waals surface area contributed by atoms with Crippen LogP contribution in [0.4, 0.5) is 11.5 Å². The number of nitrogens with zero attached hydrogens (tertiary/aromatic N) is 2. The van der Waals surface area contributed by atoms with E-state index in [9.17, 15) is 4.79 Å². The van der Waals surface area contributed by atoms with Gasteiger partial charge in [0.05, 0.1) is 30.6 Å². The van der Waals surface area contributed by atoms with Crippen molar-refractivity contribution in [3.05, 3.63) is 18.3 Å². The Labute approximate surface area is 131 Å². The van der Waals surface area contributed by atoms with Gasteiger partial charge in [-0.2, -0.15) is 0 Å². The van der Waals surface area contributed by atoms with Gasteiger partial charge in [0, 0.05) is 13.1 Å². The van der Waals surface area contributed by atoms with E-state index in [1.54, 1.807) is 6.20 Å². The molecule has 2 aliphatic heterocycles. The summed E-state index contributed by atoms with van der Waals surface area (Å²) in [5, 5.41) is 6.35. The first kappa shape index (κ1) is 15.2. The number of nitrogens with one attached hydrogen (secondary N) is 2. The molecular weight excluding hydrogens is 280 g/mol. The second-order valence-corrected chi connectivity index (χ2v) is 5.92. The summed E-state index contributed by atoms with van der Waals surface area (Å²) in [5.41, 5.74) is 0.339. The summed E-state index contributed by atoms with van der Waals surface area (Å²) in [6, 6.07) is 3.88. The highest BCUT2D eigenvalue weighted by Gasteiger charge is 2.39. The van der Waals surface area contributed by atoms with Crippen molar-refractivity contribution in [1.82, 2.24) is 10.3 Å². The Kier molecular flexibility index (Phi) is 4.59. The number of anilines is 2. The third-order valence-corrected chi connectivity index (χ3v) is 4.62. The zero-order valence-electron chi connectivity index (χ0n) is 13.1. The van der Waals surface area contributed by atoms with Crippen molar-refractivity contribution in [2.75, 3.05) is 43.1 Å². The maximum atomic E-state index is 12.5. The van der Waals surface area contributed by atoms with Crippen LogP contribution >= 0.6 is 0 Å². The van der Waals surface area contributed by atoms with Gasteiger partial charge >= 0.3 is 0 Å². The van der Waals surface area contributed by atoms with Gasteiger partial charge in [-0.25, -0.2) is 4.98 Å². The van der Waals surface area contributed by atoms with Gasteiger partial charge in [-0.05, 0) is 37.9 Å². The van der Waals surface area contributed by atoms with Gasteiger partial charge in [-0.3, -0.25) is 4.79 Å². The largest absolute Gasteiger partial charge is 0.378 e. The molecule has 1 aromatic rings. The number of morpholine rings is 1. The van der Waals surface area contributed by atoms with Crippen LogP contribution in [0.5, 0.6) is 0 Å². The molecular formula is C16H24N4O2. The molecule has 22 heavy (non-hydrogen) atoms. The van der Waals surface area contributed by atoms with Crippen molar-refractivity contribution >= 4 is 17.4 Å². The first-order chi connectivity index (χ1) is 10.7. The van der Waals surface area contributed by atoms with E-state index in [0.29, 0.717) is 0 Å². The van der Waals surface area contributed by atoms with E-state index in [2.05, 4.69) is 27.4 Å². The van der Waals surface area contributed by atoms with E-state index < -0.39 is 5.54 Å². The lowest BCUT2D eigenvalue weighted by Crippen LogP contribution is -2.50. The highest BCUT2D eigenvalue weighted by Crippen LogP contribution is 2.25. The minimum Gasteiger partial charge on any atom is -0.378 e. The highest BCUT2D eigenvalue weighted by atomic mass is 16.5. The fourth-order valence-electron chi connectivity index (χ4n) is 3.15. The average Bonchev–Trinajstić information content (AvgIpc) is 3.07. The SMILES string of the molecule is CCC1(C(=O)Nc2ccc(N3CCOCC3)nc2)CCCN1. The lowest BCUT2D eigenvalue weighted by molar-refractivity contribution is -0.122. The Balaban J connectivity index is 1.64. The molecule has 120 valence electrons. The maximum absolute atomic E-state index is 12.5. The molecule has 2 fully saturated rings. The Morgan fingerprint density at radius 3 is 2.86 bits per heavy atom. The van der Waals surface area contributed by atoms with Crippen molar-refractivity contribution in [2.45, 2.75) is 31.7 Å². The van der Waals surface area contributed by atoms with Crippen LogP contribution in [0.3, 0.4) is 0 Å². The summed E-state index contributed by atoms with van der Waals surface area (Å²) in [5.74, 6) is 0.985. The van der Waals surface area contributed by atoms with Crippen LogP contribution in [-0.4, -0.2) is 49.3 Å². The highest BCUT2D eigenvalue weighted by molar-refractivity contribution is 5.98. The van der Waals surface area contributed by atoms with Crippen molar-refractivity contribution in [2.24, 2.45) is 0 Å². The molecule has 0 radical (unpaired) electrons. The minimum atomic E-state index is -0.414. The molecule has 2 N–H and O–H groups in total. The van der Waals surface area contributed by atoms with Crippen molar-refractivity contribution in [1.29, 1.82) is 0 Å². The fourth-order valence-corrected chi connectivity index (χ4v) is 3.15. The predicted octanol–water partition coefficient (Wildman–Crippen LogP) is 1.39. The van der Waals surface area contributed by atoms with E-state index in [0.717, 1.165) is 63.6 Å². The van der Waals surface area contributed by atoms with Crippen molar-refractivity contribution in [3.63, 3.8) is 0 Å². The summed E-state index contributed by atoms with van der Waals surface area (Å²) in [4.78, 5) is 19.2. The second kappa shape index (κ2) is 6.62. The van der Waals surface area contributed by atoms with Crippen LogP contribution in [0.15, 0.2) is 18.3 Å². The van der Waals surface area contributed by atoms with Crippen molar-refractivity contribution in [3.8, 4) is 0 Å². The summed E-state index contributed by atoms with van der Waals surface area (Å²) >= 11 is 0. The van der Waals surface area contributed by atoms with Gasteiger partial charge in [0.15, 0.2) is 0 Å². The Hall–Kier alpha value is -1.66. The normalized spacial score (nSPS) is 25.2. The lowest BCUT2D eigenvalue weighted by atomic mass is 9.93. The number of hydrogen-bond acceptors (Lipinski definition) is 5. The Morgan fingerprint density at radius 1 is 1.45 bits per heavy atom. The molecule has 1 unspecified atom stereocenters. The zero-order valence-corrected chi connectivity index (χ0v) is 13.1. The van der Waals surface area contributed by atoms with E-state index in [1.165, 1.54) is 0 Å². The van der Waals surface area contributed by atoms with Gasteiger partial charge in [-0.1, -0.05) is 6.92 Å². The van der Waals surface area contributed by atoms with Gasteiger partial charge in [-0.15, -0.1) is 0 Å². The summed E-state index contributed by atoms with van der Waals surface area (Å²) in [7, 11) is 0. The average molecular weight is 304 g/mol. The molecule has 2 aliphatic rings. The van der Waals surface area contributed by atoms with E-state index in [-0.39, 0.29) is 5.91 Å². The molecule has 0 spiro atoms. The molecule has 1 amide bonds. The smallest absolute Gasteiger partial charge is 0.244 e. The molecule has 6 nitrogen and oxygen atoms in total. The Morgan fingerprint density at radius 2 is 2.27 bits per heavy atom. The van der Waals surface area contributed by atoms with Gasteiger partial charge < -0.3 is 20.3 Å². The van der Waals surface area contributed by atoms with Crippen LogP contribution in [0.25, 0.3) is 0 Å². The molecule has 6 heteroatoms. The van der Waals surface area contributed by atoms with Gasteiger partial charge in [0.1, 0.15) is 5.82 Å². The number of carbonyl (C=O) groups is 1. The number of pyridine rings is 1. The fraction of sp³-hybridized carbons (Fsp3) is 0.625. The van der Waals surface area contributed by atoms with Crippen LogP contribution in [0.1, 0.15) is 26.2 Å². The molecule has 1 atom stereocenters. The quantitative estimate of drug-likeness (QED) is 0.880. The summed E-state index contributed by atoms with van der Waals surface area (Å²) < 4.78 is 5.34. The monoisotopic (exact) mass is 304 g/mol. The molecule has 0 saturated carbocycles. The van der Waals surface area contributed by atoms with Crippen molar-refractivity contribution < 1.29 is 9.53 Å². The van der Waals surface area contributed by atoms with E-state index >= 15 is 0 Å². The van der Waals surface area contributed by atoms with E-state index in [1.807, 2.05) is 12.1 Å². The van der Waals surface area contributed by atoms with Crippen LogP contribution in [-0.2, 0) is 9.53 Å². The second-order valence-electron chi connectivity index (χ2n) is 5.92. The number of hydrogen-bond donors (Lipinski definition) is 2. The first-order valence-corrected chi connectivity index (χ1v) is 8.09. The summed E-state index contributed by atoms with van der Waals surface area (Å²) in [6.07, 6.45) is 4.49. The predicted molar refractivity (Wildman–Crippen MR) is 86.2 cm³/mol. The molecule has 3 heterocycles. The minimum absolute atomic E-state index is 0.0495. The van der Waals surface area contributed by atoms with E-state index in [4.69, 9.17) is 4.74 Å². The molecule has 3 rings (SSSR count). The summed E-state index contributed by atoms with van der Waals surface area (Å²) in [6.45, 7) is 6.17.